The Morgan fingerprint density at radius 3 is 2.47 bits per heavy atom. The highest BCUT2D eigenvalue weighted by molar-refractivity contribution is 7.87. The molecule has 0 radical (unpaired) electrons. The molecule has 1 N–H and O–H groups in total. The molecule has 3 aromatic carbocycles. The van der Waals surface area contributed by atoms with Gasteiger partial charge in [0.05, 0.1) is 10.9 Å². The van der Waals surface area contributed by atoms with Crippen LogP contribution in [0, 0.1) is 6.92 Å². The SMILES string of the molecule is CC(=O)Nc1ccc(C)c(S(=O)(=O)Oc2ccc3c(=O)c(-c4ccccc4)coc3c2)c1. The Balaban J connectivity index is 1.69. The second-order valence-electron chi connectivity index (χ2n) is 7.20. The van der Waals surface area contributed by atoms with Gasteiger partial charge in [0.15, 0.2) is 5.43 Å². The van der Waals surface area contributed by atoms with Gasteiger partial charge in [0, 0.05) is 18.7 Å². The van der Waals surface area contributed by atoms with Gasteiger partial charge in [-0.1, -0.05) is 36.4 Å². The zero-order chi connectivity index (χ0) is 22.9. The molecule has 0 bridgehead atoms. The highest BCUT2D eigenvalue weighted by Crippen LogP contribution is 2.27. The van der Waals surface area contributed by atoms with Crippen LogP contribution in [0.2, 0.25) is 0 Å². The number of rotatable bonds is 5. The van der Waals surface area contributed by atoms with Crippen molar-refractivity contribution < 1.29 is 21.8 Å². The van der Waals surface area contributed by atoms with Crippen LogP contribution in [-0.4, -0.2) is 14.3 Å². The molecule has 0 fully saturated rings. The van der Waals surface area contributed by atoms with Gasteiger partial charge in [0.25, 0.3) is 0 Å². The molecule has 32 heavy (non-hydrogen) atoms. The highest BCUT2D eigenvalue weighted by Gasteiger charge is 2.21. The number of benzene rings is 3. The first-order valence-electron chi connectivity index (χ1n) is 9.68. The van der Waals surface area contributed by atoms with E-state index in [1.165, 1.54) is 37.5 Å². The molecule has 0 aliphatic carbocycles. The third-order valence-electron chi connectivity index (χ3n) is 4.81. The van der Waals surface area contributed by atoms with E-state index >= 15 is 0 Å². The van der Waals surface area contributed by atoms with Gasteiger partial charge < -0.3 is 13.9 Å². The summed E-state index contributed by atoms with van der Waals surface area (Å²) in [6.45, 7) is 2.95. The summed E-state index contributed by atoms with van der Waals surface area (Å²) in [4.78, 5) is 24.1. The predicted octanol–water partition coefficient (Wildman–Crippen LogP) is 4.49. The van der Waals surface area contributed by atoms with Gasteiger partial charge in [-0.05, 0) is 42.3 Å². The number of nitrogens with one attached hydrogen (secondary N) is 1. The van der Waals surface area contributed by atoms with Gasteiger partial charge in [-0.25, -0.2) is 0 Å². The number of carbonyl (C=O) groups excluding carboxylic acids is 1. The monoisotopic (exact) mass is 449 g/mol. The number of carbonyl (C=O) groups is 1. The van der Waals surface area contributed by atoms with E-state index in [0.29, 0.717) is 22.2 Å². The van der Waals surface area contributed by atoms with E-state index in [2.05, 4.69) is 5.32 Å². The fraction of sp³-hybridized carbons (Fsp3) is 0.0833. The molecule has 0 atom stereocenters. The van der Waals surface area contributed by atoms with Gasteiger partial charge >= 0.3 is 10.1 Å². The van der Waals surface area contributed by atoms with E-state index in [1.807, 2.05) is 18.2 Å². The molecule has 4 rings (SSSR count). The van der Waals surface area contributed by atoms with Crippen LogP contribution in [0.5, 0.6) is 5.75 Å². The molecule has 8 heteroatoms. The van der Waals surface area contributed by atoms with E-state index < -0.39 is 10.1 Å². The normalized spacial score (nSPS) is 11.3. The summed E-state index contributed by atoms with van der Waals surface area (Å²) in [6.07, 6.45) is 1.35. The molecular weight excluding hydrogens is 430 g/mol. The van der Waals surface area contributed by atoms with Crippen LogP contribution in [0.3, 0.4) is 0 Å². The van der Waals surface area contributed by atoms with Crippen molar-refractivity contribution in [2.45, 2.75) is 18.7 Å². The first kappa shape index (κ1) is 21.3. The molecule has 0 unspecified atom stereocenters. The molecule has 1 heterocycles. The van der Waals surface area contributed by atoms with Crippen molar-refractivity contribution in [1.82, 2.24) is 0 Å². The number of fused-ring (bicyclic) bond motifs is 1. The van der Waals surface area contributed by atoms with Crippen LogP contribution in [0.4, 0.5) is 5.69 Å². The Kier molecular flexibility index (Phi) is 5.54. The first-order valence-corrected chi connectivity index (χ1v) is 11.1. The van der Waals surface area contributed by atoms with Crippen molar-refractivity contribution in [3.8, 4) is 16.9 Å². The largest absolute Gasteiger partial charge is 0.463 e. The molecular formula is C24H19NO6S. The summed E-state index contributed by atoms with van der Waals surface area (Å²) in [6, 6.07) is 17.8. The minimum absolute atomic E-state index is 0.00237. The third kappa shape index (κ3) is 4.26. The molecule has 1 amide bonds. The molecule has 0 spiro atoms. The van der Waals surface area contributed by atoms with E-state index in [-0.39, 0.29) is 27.6 Å². The molecule has 0 saturated carbocycles. The third-order valence-corrected chi connectivity index (χ3v) is 6.21. The zero-order valence-electron chi connectivity index (χ0n) is 17.3. The topological polar surface area (TPSA) is 103 Å². The second kappa shape index (κ2) is 8.32. The lowest BCUT2D eigenvalue weighted by Gasteiger charge is -2.12. The minimum Gasteiger partial charge on any atom is -0.463 e. The smallest absolute Gasteiger partial charge is 0.339 e. The maximum absolute atomic E-state index is 12.9. The second-order valence-corrected chi connectivity index (χ2v) is 8.72. The number of aryl methyl sites for hydroxylation is 1. The number of hydrogen-bond acceptors (Lipinski definition) is 6. The lowest BCUT2D eigenvalue weighted by molar-refractivity contribution is -0.114. The van der Waals surface area contributed by atoms with Gasteiger partial charge in [-0.2, -0.15) is 8.42 Å². The molecule has 162 valence electrons. The summed E-state index contributed by atoms with van der Waals surface area (Å²) in [5.74, 6) is -0.324. The van der Waals surface area contributed by atoms with Crippen LogP contribution in [0.25, 0.3) is 22.1 Å². The fourth-order valence-corrected chi connectivity index (χ4v) is 4.48. The van der Waals surface area contributed by atoms with Crippen molar-refractivity contribution in [3.05, 3.63) is 88.8 Å². The van der Waals surface area contributed by atoms with Crippen LogP contribution >= 0.6 is 0 Å². The Morgan fingerprint density at radius 1 is 1.00 bits per heavy atom. The molecule has 0 aliphatic rings. The first-order chi connectivity index (χ1) is 15.2. The predicted molar refractivity (Wildman–Crippen MR) is 121 cm³/mol. The molecule has 0 saturated heterocycles. The van der Waals surface area contributed by atoms with Crippen molar-refractivity contribution in [2.75, 3.05) is 5.32 Å². The summed E-state index contributed by atoms with van der Waals surface area (Å²) in [7, 11) is -4.20. The average Bonchev–Trinajstić information content (AvgIpc) is 2.75. The highest BCUT2D eigenvalue weighted by atomic mass is 32.2. The van der Waals surface area contributed by atoms with Gasteiger partial charge in [0.1, 0.15) is 22.5 Å². The number of amides is 1. The Hall–Kier alpha value is -3.91. The molecule has 7 nitrogen and oxygen atoms in total. The molecule has 4 aromatic rings. The Bertz CT molecular complexity index is 1490. The van der Waals surface area contributed by atoms with Crippen LogP contribution in [-0.2, 0) is 14.9 Å². The number of anilines is 1. The van der Waals surface area contributed by atoms with E-state index in [0.717, 1.165) is 5.56 Å². The number of hydrogen-bond donors (Lipinski definition) is 1. The maximum atomic E-state index is 12.9. The Labute approximate surface area is 184 Å². The minimum atomic E-state index is -4.20. The standard InChI is InChI=1S/C24H19NO6S/c1-15-8-9-18(25-16(2)26)12-23(15)32(28,29)31-19-10-11-20-22(13-19)30-14-21(24(20)27)17-6-4-3-5-7-17/h3-14H,1-2H3,(H,25,26). The summed E-state index contributed by atoms with van der Waals surface area (Å²) in [5, 5.41) is 2.85. The van der Waals surface area contributed by atoms with Crippen molar-refractivity contribution >= 4 is 32.7 Å². The molecule has 1 aromatic heterocycles. The Morgan fingerprint density at radius 2 is 1.75 bits per heavy atom. The quantitative estimate of drug-likeness (QED) is 0.450. The van der Waals surface area contributed by atoms with Crippen molar-refractivity contribution in [1.29, 1.82) is 0 Å². The molecule has 0 aliphatic heterocycles. The lowest BCUT2D eigenvalue weighted by Crippen LogP contribution is -2.13. The maximum Gasteiger partial charge on any atom is 0.339 e. The van der Waals surface area contributed by atoms with Gasteiger partial charge in [0.2, 0.25) is 5.91 Å². The van der Waals surface area contributed by atoms with Crippen LogP contribution < -0.4 is 14.9 Å². The van der Waals surface area contributed by atoms with E-state index in [9.17, 15) is 18.0 Å². The van der Waals surface area contributed by atoms with Crippen LogP contribution in [0.15, 0.2) is 87.1 Å². The van der Waals surface area contributed by atoms with E-state index in [4.69, 9.17) is 8.60 Å². The van der Waals surface area contributed by atoms with E-state index in [1.54, 1.807) is 31.2 Å². The van der Waals surface area contributed by atoms with Crippen molar-refractivity contribution in [3.63, 3.8) is 0 Å². The van der Waals surface area contributed by atoms with Crippen molar-refractivity contribution in [2.24, 2.45) is 0 Å². The van der Waals surface area contributed by atoms with Gasteiger partial charge in [-0.15, -0.1) is 0 Å². The zero-order valence-corrected chi connectivity index (χ0v) is 18.1. The van der Waals surface area contributed by atoms with Gasteiger partial charge in [-0.3, -0.25) is 9.59 Å². The van der Waals surface area contributed by atoms with Crippen LogP contribution in [0.1, 0.15) is 12.5 Å². The lowest BCUT2D eigenvalue weighted by atomic mass is 10.1. The summed E-state index contributed by atoms with van der Waals surface area (Å²) in [5.41, 5.74) is 1.89. The fourth-order valence-electron chi connectivity index (χ4n) is 3.30. The average molecular weight is 449 g/mol. The summed E-state index contributed by atoms with van der Waals surface area (Å²) < 4.78 is 36.6. The summed E-state index contributed by atoms with van der Waals surface area (Å²) >= 11 is 0.